The number of carbonyl (C=O) groups is 1. The van der Waals surface area contributed by atoms with E-state index in [9.17, 15) is 22.8 Å². The summed E-state index contributed by atoms with van der Waals surface area (Å²) in [6.45, 7) is 6.98. The van der Waals surface area contributed by atoms with Gasteiger partial charge in [-0.1, -0.05) is 12.6 Å². The third-order valence-electron chi connectivity index (χ3n) is 7.81. The molecule has 9 nitrogen and oxygen atoms in total. The number of fused-ring (bicyclic) bond motifs is 1. The average molecular weight is 585 g/mol. The molecule has 1 aromatic heterocycles. The van der Waals surface area contributed by atoms with E-state index in [4.69, 9.17) is 4.74 Å². The zero-order valence-corrected chi connectivity index (χ0v) is 23.3. The largest absolute Gasteiger partial charge is 0.417 e. The third kappa shape index (κ3) is 4.51. The van der Waals surface area contributed by atoms with Crippen molar-refractivity contribution >= 4 is 40.1 Å². The lowest BCUT2D eigenvalue weighted by molar-refractivity contribution is -0.137. The van der Waals surface area contributed by atoms with Crippen LogP contribution in [0.2, 0.25) is 0 Å². The first kappa shape index (κ1) is 27.5. The number of aromatic nitrogens is 2. The fourth-order valence-electron chi connectivity index (χ4n) is 5.92. The number of hydrogen-bond acceptors (Lipinski definition) is 8. The Bertz CT molecular complexity index is 1680. The Morgan fingerprint density at radius 1 is 1.22 bits per heavy atom. The lowest BCUT2D eigenvalue weighted by Crippen LogP contribution is -2.49. The van der Waals surface area contributed by atoms with Gasteiger partial charge in [0.25, 0.3) is 0 Å². The fourth-order valence-corrected chi connectivity index (χ4v) is 7.23. The summed E-state index contributed by atoms with van der Waals surface area (Å²) in [5.41, 5.74) is 1.40. The van der Waals surface area contributed by atoms with E-state index in [1.54, 1.807) is 28.9 Å². The van der Waals surface area contributed by atoms with Gasteiger partial charge in [-0.2, -0.15) is 28.4 Å². The molecule has 0 radical (unpaired) electrons. The van der Waals surface area contributed by atoms with Gasteiger partial charge in [0, 0.05) is 60.5 Å². The lowest BCUT2D eigenvalue weighted by atomic mass is 9.89. The maximum Gasteiger partial charge on any atom is 0.417 e. The van der Waals surface area contributed by atoms with E-state index >= 15 is 0 Å². The SMILES string of the molecule is C=CC(=O)N1CCN(c2nc(=O)n3c4c(c(-c5c(C)ccc6c5CN=N6)c(C(F)(F)F)cc24)SCC3COC)CC1. The fraction of sp³-hybridized carbons (Fsp3) is 0.393. The number of benzene rings is 2. The predicted molar refractivity (Wildman–Crippen MR) is 150 cm³/mol. The molecule has 0 bridgehead atoms. The van der Waals surface area contributed by atoms with E-state index in [0.29, 0.717) is 64.7 Å². The second-order valence-corrected chi connectivity index (χ2v) is 11.2. The quantitative estimate of drug-likeness (QED) is 0.387. The molecule has 6 rings (SSSR count). The van der Waals surface area contributed by atoms with Crippen molar-refractivity contribution in [2.45, 2.75) is 30.6 Å². The molecule has 3 aliphatic rings. The lowest BCUT2D eigenvalue weighted by Gasteiger charge is -2.37. The van der Waals surface area contributed by atoms with E-state index in [2.05, 4.69) is 21.8 Å². The molecular formula is C28H27F3N6O3S. The molecule has 1 fully saturated rings. The summed E-state index contributed by atoms with van der Waals surface area (Å²) < 4.78 is 51.8. The van der Waals surface area contributed by atoms with Gasteiger partial charge < -0.3 is 14.5 Å². The molecule has 2 aromatic carbocycles. The monoisotopic (exact) mass is 584 g/mol. The summed E-state index contributed by atoms with van der Waals surface area (Å²) in [5.74, 6) is 0.307. The van der Waals surface area contributed by atoms with Crippen molar-refractivity contribution in [2.75, 3.05) is 50.5 Å². The Balaban J connectivity index is 1.66. The minimum Gasteiger partial charge on any atom is -0.383 e. The van der Waals surface area contributed by atoms with Gasteiger partial charge in [0.15, 0.2) is 0 Å². The van der Waals surface area contributed by atoms with Crippen LogP contribution in [0.25, 0.3) is 22.0 Å². The molecule has 13 heteroatoms. The maximum atomic E-state index is 15.0. The molecular weight excluding hydrogens is 557 g/mol. The van der Waals surface area contributed by atoms with Gasteiger partial charge in [0.1, 0.15) is 5.82 Å². The second-order valence-electron chi connectivity index (χ2n) is 10.2. The van der Waals surface area contributed by atoms with Gasteiger partial charge in [-0.05, 0) is 36.3 Å². The molecule has 1 saturated heterocycles. The van der Waals surface area contributed by atoms with Crippen LogP contribution in [0, 0.1) is 6.92 Å². The van der Waals surface area contributed by atoms with Gasteiger partial charge >= 0.3 is 11.9 Å². The number of nitrogens with zero attached hydrogens (tertiary/aromatic N) is 6. The van der Waals surface area contributed by atoms with Crippen molar-refractivity contribution in [2.24, 2.45) is 10.2 Å². The Hall–Kier alpha value is -3.71. The molecule has 1 unspecified atom stereocenters. The summed E-state index contributed by atoms with van der Waals surface area (Å²) >= 11 is 1.30. The van der Waals surface area contributed by atoms with Crippen LogP contribution in [-0.4, -0.2) is 66.0 Å². The first-order valence-electron chi connectivity index (χ1n) is 13.1. The number of hydrogen-bond donors (Lipinski definition) is 0. The smallest absolute Gasteiger partial charge is 0.383 e. The van der Waals surface area contributed by atoms with E-state index in [0.717, 1.165) is 6.07 Å². The highest BCUT2D eigenvalue weighted by Gasteiger charge is 2.40. The first-order valence-corrected chi connectivity index (χ1v) is 14.1. The molecule has 0 aliphatic carbocycles. The minimum atomic E-state index is -4.70. The molecule has 4 heterocycles. The van der Waals surface area contributed by atoms with Crippen molar-refractivity contribution in [3.8, 4) is 11.1 Å². The number of piperazine rings is 1. The van der Waals surface area contributed by atoms with Gasteiger partial charge in [-0.25, -0.2) is 4.79 Å². The highest BCUT2D eigenvalue weighted by Crippen LogP contribution is 2.52. The highest BCUT2D eigenvalue weighted by atomic mass is 32.2. The number of azo groups is 1. The molecule has 0 saturated carbocycles. The Kier molecular flexibility index (Phi) is 6.89. The van der Waals surface area contributed by atoms with Crippen molar-refractivity contribution in [3.05, 3.63) is 58.0 Å². The number of halogens is 3. The average Bonchev–Trinajstić information content (AvgIpc) is 3.43. The summed E-state index contributed by atoms with van der Waals surface area (Å²) in [6, 6.07) is 4.24. The maximum absolute atomic E-state index is 15.0. The molecule has 1 atom stereocenters. The predicted octanol–water partition coefficient (Wildman–Crippen LogP) is 5.12. The number of carbonyl (C=O) groups excluding carboxylic acids is 1. The van der Waals surface area contributed by atoms with Crippen LogP contribution in [0.15, 0.2) is 50.8 Å². The van der Waals surface area contributed by atoms with E-state index < -0.39 is 23.5 Å². The zero-order valence-electron chi connectivity index (χ0n) is 22.5. The van der Waals surface area contributed by atoms with Crippen molar-refractivity contribution in [1.82, 2.24) is 14.5 Å². The molecule has 1 amide bonds. The van der Waals surface area contributed by atoms with Gasteiger partial charge in [0.05, 0.1) is 36.0 Å². The van der Waals surface area contributed by atoms with Crippen LogP contribution in [0.1, 0.15) is 22.7 Å². The van der Waals surface area contributed by atoms with E-state index in [1.807, 2.05) is 0 Å². The number of methoxy groups -OCH3 is 1. The standard InChI is InChI=1S/C28H27F3N6O3S/c1-4-21(38)35-7-9-36(10-8-35)26-17-11-19(28(29,30)31)23(22-15(2)5-6-20-18(22)12-32-34-20)25-24(17)37(27(39)33-26)16(13-40-3)14-41-25/h4-6,11,16H,1,7-10,12-14H2,2-3H3. The Labute approximate surface area is 237 Å². The topological polar surface area (TPSA) is 92.4 Å². The number of alkyl halides is 3. The number of rotatable bonds is 5. The number of thioether (sulfide) groups is 1. The first-order chi connectivity index (χ1) is 19.6. The van der Waals surface area contributed by atoms with Crippen LogP contribution in [-0.2, 0) is 22.3 Å². The van der Waals surface area contributed by atoms with E-state index in [-0.39, 0.29) is 35.8 Å². The minimum absolute atomic E-state index is 0.0409. The molecule has 0 spiro atoms. The number of ether oxygens (including phenoxy) is 1. The number of aryl methyl sites for hydroxylation is 1. The number of anilines is 1. The summed E-state index contributed by atoms with van der Waals surface area (Å²) in [4.78, 5) is 33.9. The van der Waals surface area contributed by atoms with Crippen LogP contribution >= 0.6 is 11.8 Å². The Morgan fingerprint density at radius 2 is 1.98 bits per heavy atom. The van der Waals surface area contributed by atoms with E-state index in [1.165, 1.54) is 29.5 Å². The van der Waals surface area contributed by atoms with Gasteiger partial charge in [-0.3, -0.25) is 9.36 Å². The van der Waals surface area contributed by atoms with Gasteiger partial charge in [0.2, 0.25) is 5.91 Å². The van der Waals surface area contributed by atoms with Crippen LogP contribution < -0.4 is 10.6 Å². The summed E-state index contributed by atoms with van der Waals surface area (Å²) in [6.07, 6.45) is -3.46. The highest BCUT2D eigenvalue weighted by molar-refractivity contribution is 7.99. The van der Waals surface area contributed by atoms with Crippen LogP contribution in [0.3, 0.4) is 0 Å². The zero-order chi connectivity index (χ0) is 29.1. The molecule has 0 N–H and O–H groups in total. The van der Waals surface area contributed by atoms with Crippen molar-refractivity contribution < 1.29 is 22.7 Å². The summed E-state index contributed by atoms with van der Waals surface area (Å²) in [7, 11) is 1.52. The number of amides is 1. The van der Waals surface area contributed by atoms with Crippen molar-refractivity contribution in [1.29, 1.82) is 0 Å². The summed E-state index contributed by atoms with van der Waals surface area (Å²) in [5, 5.41) is 8.46. The molecule has 214 valence electrons. The van der Waals surface area contributed by atoms with Crippen LogP contribution in [0.4, 0.5) is 24.7 Å². The van der Waals surface area contributed by atoms with Crippen LogP contribution in [0.5, 0.6) is 0 Å². The normalized spacial score (nSPS) is 18.2. The van der Waals surface area contributed by atoms with Crippen molar-refractivity contribution in [3.63, 3.8) is 0 Å². The third-order valence-corrected chi connectivity index (χ3v) is 9.05. The molecule has 41 heavy (non-hydrogen) atoms. The Morgan fingerprint density at radius 3 is 2.66 bits per heavy atom. The molecule has 3 aliphatic heterocycles. The molecule has 3 aromatic rings. The van der Waals surface area contributed by atoms with Gasteiger partial charge in [-0.15, -0.1) is 11.8 Å². The second kappa shape index (κ2) is 10.3.